The van der Waals surface area contributed by atoms with Gasteiger partial charge in [0.15, 0.2) is 5.13 Å². The molecule has 0 bridgehead atoms. The summed E-state index contributed by atoms with van der Waals surface area (Å²) >= 11 is 1.42. The predicted molar refractivity (Wildman–Crippen MR) is 99.9 cm³/mol. The van der Waals surface area contributed by atoms with Gasteiger partial charge in [0.2, 0.25) is 5.91 Å². The molecule has 1 amide bonds. The molecule has 0 unspecified atom stereocenters. The van der Waals surface area contributed by atoms with E-state index in [0.29, 0.717) is 10.7 Å². The molecule has 0 saturated carbocycles. The van der Waals surface area contributed by atoms with Gasteiger partial charge in [-0.1, -0.05) is 11.3 Å². The average Bonchev–Trinajstić information content (AvgIpc) is 2.94. The number of hydrogen-bond donors (Lipinski definition) is 1. The maximum absolute atomic E-state index is 12.0. The van der Waals surface area contributed by atoms with Crippen LogP contribution in [-0.4, -0.2) is 15.8 Å². The molecule has 0 atom stereocenters. The van der Waals surface area contributed by atoms with Crippen molar-refractivity contribution < 1.29 is 9.72 Å². The van der Waals surface area contributed by atoms with Gasteiger partial charge in [0, 0.05) is 18.2 Å². The number of carbonyl (C=O) groups excluding carboxylic acids is 1. The molecule has 2 aromatic carbocycles. The van der Waals surface area contributed by atoms with Gasteiger partial charge in [0.25, 0.3) is 5.69 Å². The molecule has 0 aliphatic carbocycles. The van der Waals surface area contributed by atoms with Crippen molar-refractivity contribution in [3.63, 3.8) is 0 Å². The molecule has 1 heterocycles. The first-order valence-corrected chi connectivity index (χ1v) is 8.35. The van der Waals surface area contributed by atoms with Crippen LogP contribution >= 0.6 is 11.3 Å². The SMILES string of the molecule is Cc1cc2nc(NC(=O)/C=C\c3ccc([N+](=O)[O-])cc3)sc2cc1C. The highest BCUT2D eigenvalue weighted by Crippen LogP contribution is 2.28. The van der Waals surface area contributed by atoms with E-state index in [1.165, 1.54) is 35.1 Å². The second-order valence-corrected chi connectivity index (χ2v) is 6.63. The van der Waals surface area contributed by atoms with Gasteiger partial charge in [-0.05, 0) is 60.9 Å². The van der Waals surface area contributed by atoms with Gasteiger partial charge in [-0.15, -0.1) is 0 Å². The summed E-state index contributed by atoms with van der Waals surface area (Å²) in [6.45, 7) is 4.07. The molecule has 0 aliphatic heterocycles. The number of aryl methyl sites for hydroxylation is 2. The highest BCUT2D eigenvalue weighted by molar-refractivity contribution is 7.22. The van der Waals surface area contributed by atoms with Gasteiger partial charge in [-0.25, -0.2) is 4.98 Å². The van der Waals surface area contributed by atoms with Crippen LogP contribution < -0.4 is 5.32 Å². The van der Waals surface area contributed by atoms with E-state index in [1.807, 2.05) is 19.9 Å². The van der Waals surface area contributed by atoms with Crippen LogP contribution in [0.1, 0.15) is 16.7 Å². The smallest absolute Gasteiger partial charge is 0.269 e. The molecule has 7 heteroatoms. The molecule has 1 N–H and O–H groups in total. The summed E-state index contributed by atoms with van der Waals surface area (Å²) in [5.74, 6) is -0.300. The van der Waals surface area contributed by atoms with Gasteiger partial charge >= 0.3 is 0 Å². The monoisotopic (exact) mass is 353 g/mol. The largest absolute Gasteiger partial charge is 0.298 e. The number of rotatable bonds is 4. The van der Waals surface area contributed by atoms with E-state index in [4.69, 9.17) is 0 Å². The maximum Gasteiger partial charge on any atom is 0.269 e. The maximum atomic E-state index is 12.0. The van der Waals surface area contributed by atoms with E-state index in [9.17, 15) is 14.9 Å². The number of fused-ring (bicyclic) bond motifs is 1. The molecule has 126 valence electrons. The van der Waals surface area contributed by atoms with Crippen LogP contribution in [0.4, 0.5) is 10.8 Å². The van der Waals surface area contributed by atoms with Gasteiger partial charge < -0.3 is 0 Å². The summed E-state index contributed by atoms with van der Waals surface area (Å²) in [4.78, 5) is 26.6. The molecular formula is C18H15N3O3S. The highest BCUT2D eigenvalue weighted by atomic mass is 32.1. The lowest BCUT2D eigenvalue weighted by Gasteiger charge is -1.96. The van der Waals surface area contributed by atoms with Crippen molar-refractivity contribution in [3.05, 3.63) is 69.3 Å². The minimum Gasteiger partial charge on any atom is -0.298 e. The predicted octanol–water partition coefficient (Wildman–Crippen LogP) is 4.47. The number of amides is 1. The lowest BCUT2D eigenvalue weighted by molar-refractivity contribution is -0.384. The molecule has 0 aliphatic rings. The number of nitrogens with one attached hydrogen (secondary N) is 1. The Kier molecular flexibility index (Phi) is 4.58. The first-order valence-electron chi connectivity index (χ1n) is 7.54. The normalized spacial score (nSPS) is 11.1. The summed E-state index contributed by atoms with van der Waals surface area (Å²) in [5.41, 5.74) is 3.93. The van der Waals surface area contributed by atoms with Crippen LogP contribution in [0.15, 0.2) is 42.5 Å². The molecule has 0 saturated heterocycles. The summed E-state index contributed by atoms with van der Waals surface area (Å²) in [6, 6.07) is 10.0. The molecule has 0 spiro atoms. The highest BCUT2D eigenvalue weighted by Gasteiger charge is 2.08. The summed E-state index contributed by atoms with van der Waals surface area (Å²) in [5, 5.41) is 13.9. The van der Waals surface area contributed by atoms with Crippen molar-refractivity contribution in [1.29, 1.82) is 0 Å². The summed E-state index contributed by atoms with van der Waals surface area (Å²) < 4.78 is 1.03. The fraction of sp³-hybridized carbons (Fsp3) is 0.111. The standard InChI is InChI=1S/C18H15N3O3S/c1-11-9-15-16(10-12(11)2)25-18(19-15)20-17(22)8-5-13-3-6-14(7-4-13)21(23)24/h3-10H,1-2H3,(H,19,20,22)/b8-5-. The molecular weight excluding hydrogens is 338 g/mol. The first-order chi connectivity index (χ1) is 11.9. The minimum atomic E-state index is -0.462. The number of non-ortho nitro benzene ring substituents is 1. The van der Waals surface area contributed by atoms with E-state index < -0.39 is 4.92 Å². The van der Waals surface area contributed by atoms with Gasteiger partial charge in [0.05, 0.1) is 15.1 Å². The van der Waals surface area contributed by atoms with Gasteiger partial charge in [0.1, 0.15) is 0 Å². The third kappa shape index (κ3) is 3.89. The number of anilines is 1. The number of carbonyl (C=O) groups is 1. The van der Waals surface area contributed by atoms with Crippen LogP contribution in [-0.2, 0) is 4.79 Å². The fourth-order valence-corrected chi connectivity index (χ4v) is 3.21. The Morgan fingerprint density at radius 1 is 1.20 bits per heavy atom. The molecule has 1 aromatic heterocycles. The van der Waals surface area contributed by atoms with E-state index in [0.717, 1.165) is 15.8 Å². The topological polar surface area (TPSA) is 85.1 Å². The lowest BCUT2D eigenvalue weighted by Crippen LogP contribution is -2.07. The number of nitro groups is 1. The van der Waals surface area contributed by atoms with E-state index >= 15 is 0 Å². The van der Waals surface area contributed by atoms with Crippen molar-refractivity contribution in [3.8, 4) is 0 Å². The molecule has 0 radical (unpaired) electrons. The quantitative estimate of drug-likeness (QED) is 0.426. The molecule has 3 rings (SSSR count). The molecule has 0 fully saturated rings. The Balaban J connectivity index is 1.70. The Morgan fingerprint density at radius 3 is 2.56 bits per heavy atom. The minimum absolute atomic E-state index is 0.0154. The molecule has 6 nitrogen and oxygen atoms in total. The fourth-order valence-electron chi connectivity index (χ4n) is 2.26. The lowest BCUT2D eigenvalue weighted by atomic mass is 10.1. The van der Waals surface area contributed by atoms with Crippen LogP contribution in [0.3, 0.4) is 0 Å². The second kappa shape index (κ2) is 6.82. The first kappa shape index (κ1) is 16.8. The third-order valence-corrected chi connectivity index (χ3v) is 4.70. The Bertz CT molecular complexity index is 952. The van der Waals surface area contributed by atoms with Crippen LogP contribution in [0.25, 0.3) is 16.3 Å². The number of hydrogen-bond acceptors (Lipinski definition) is 5. The number of aromatic nitrogens is 1. The van der Waals surface area contributed by atoms with Crippen LogP contribution in [0.2, 0.25) is 0 Å². The number of nitrogens with zero attached hydrogens (tertiary/aromatic N) is 2. The Hall–Kier alpha value is -3.06. The number of thiazole rings is 1. The number of nitro benzene ring substituents is 1. The van der Waals surface area contributed by atoms with Crippen molar-refractivity contribution >= 4 is 44.4 Å². The van der Waals surface area contributed by atoms with E-state index in [-0.39, 0.29) is 11.6 Å². The van der Waals surface area contributed by atoms with Crippen molar-refractivity contribution in [2.75, 3.05) is 5.32 Å². The molecule has 3 aromatic rings. The molecule has 25 heavy (non-hydrogen) atoms. The van der Waals surface area contributed by atoms with Crippen molar-refractivity contribution in [2.24, 2.45) is 0 Å². The van der Waals surface area contributed by atoms with Crippen molar-refractivity contribution in [1.82, 2.24) is 4.98 Å². The Morgan fingerprint density at radius 2 is 1.88 bits per heavy atom. The zero-order chi connectivity index (χ0) is 18.0. The summed E-state index contributed by atoms with van der Waals surface area (Å²) in [7, 11) is 0. The zero-order valence-electron chi connectivity index (χ0n) is 13.6. The van der Waals surface area contributed by atoms with Crippen LogP contribution in [0, 0.1) is 24.0 Å². The summed E-state index contributed by atoms with van der Waals surface area (Å²) in [6.07, 6.45) is 2.98. The second-order valence-electron chi connectivity index (χ2n) is 5.59. The zero-order valence-corrected chi connectivity index (χ0v) is 14.5. The van der Waals surface area contributed by atoms with Gasteiger partial charge in [-0.3, -0.25) is 20.2 Å². The average molecular weight is 353 g/mol. The number of benzene rings is 2. The Labute approximate surface area is 148 Å². The van der Waals surface area contributed by atoms with E-state index in [2.05, 4.69) is 16.4 Å². The van der Waals surface area contributed by atoms with E-state index in [1.54, 1.807) is 18.2 Å². The third-order valence-electron chi connectivity index (χ3n) is 3.77. The van der Waals surface area contributed by atoms with Crippen molar-refractivity contribution in [2.45, 2.75) is 13.8 Å². The van der Waals surface area contributed by atoms with Gasteiger partial charge in [-0.2, -0.15) is 0 Å². The van der Waals surface area contributed by atoms with Crippen LogP contribution in [0.5, 0.6) is 0 Å².